The van der Waals surface area contributed by atoms with Crippen molar-refractivity contribution >= 4 is 28.7 Å². The third-order valence-corrected chi connectivity index (χ3v) is 7.08. The fourth-order valence-corrected chi connectivity index (χ4v) is 4.94. The van der Waals surface area contributed by atoms with Crippen molar-refractivity contribution in [3.8, 4) is 22.5 Å². The number of rotatable bonds is 8. The monoisotopic (exact) mass is 551 g/mol. The first-order chi connectivity index (χ1) is 20.0. The van der Waals surface area contributed by atoms with E-state index < -0.39 is 11.7 Å². The van der Waals surface area contributed by atoms with Crippen LogP contribution < -0.4 is 10.6 Å². The molecule has 0 saturated carbocycles. The van der Waals surface area contributed by atoms with E-state index in [-0.39, 0.29) is 24.2 Å². The Morgan fingerprint density at radius 3 is 2.80 bits per heavy atom. The van der Waals surface area contributed by atoms with Gasteiger partial charge in [0, 0.05) is 49.1 Å². The number of aromatic amines is 1. The maximum Gasteiger partial charge on any atom is 0.273 e. The second-order valence-corrected chi connectivity index (χ2v) is 9.70. The molecule has 1 aliphatic rings. The molecule has 0 radical (unpaired) electrons. The molecule has 1 atom stereocenters. The first-order valence-electron chi connectivity index (χ1n) is 13.1. The Labute approximate surface area is 234 Å². The molecule has 3 N–H and O–H groups in total. The van der Waals surface area contributed by atoms with Gasteiger partial charge in [-0.15, -0.1) is 0 Å². The molecule has 2 amide bonds. The molecule has 5 aromatic rings. The number of halogens is 1. The highest BCUT2D eigenvalue weighted by Crippen LogP contribution is 2.33. The fourth-order valence-electron chi connectivity index (χ4n) is 4.94. The van der Waals surface area contributed by atoms with Gasteiger partial charge in [0.25, 0.3) is 5.91 Å². The lowest BCUT2D eigenvalue weighted by atomic mass is 10.0. The minimum absolute atomic E-state index is 0.00895. The molecule has 1 aliphatic heterocycles. The Bertz CT molecular complexity index is 1750. The van der Waals surface area contributed by atoms with E-state index in [0.29, 0.717) is 41.4 Å². The Morgan fingerprint density at radius 1 is 1.15 bits per heavy atom. The first kappa shape index (κ1) is 25.9. The zero-order chi connectivity index (χ0) is 28.3. The number of anilines is 1. The van der Waals surface area contributed by atoms with Crippen molar-refractivity contribution in [3.63, 3.8) is 0 Å². The van der Waals surface area contributed by atoms with Crippen LogP contribution in [0.3, 0.4) is 0 Å². The summed E-state index contributed by atoms with van der Waals surface area (Å²) in [6, 6.07) is 17.5. The zero-order valence-electron chi connectivity index (χ0n) is 21.9. The molecule has 2 aromatic carbocycles. The van der Waals surface area contributed by atoms with Crippen LogP contribution in [0.2, 0.25) is 0 Å². The summed E-state index contributed by atoms with van der Waals surface area (Å²) in [5.74, 6) is 0.0157. The number of pyridine rings is 1. The second-order valence-electron chi connectivity index (χ2n) is 9.70. The summed E-state index contributed by atoms with van der Waals surface area (Å²) in [7, 11) is 0. The normalized spacial score (nSPS) is 14.8. The minimum atomic E-state index is -0.468. The Kier molecular flexibility index (Phi) is 6.99. The van der Waals surface area contributed by atoms with Crippen molar-refractivity contribution < 1.29 is 18.5 Å². The number of fused-ring (bicyclic) bond motifs is 1. The van der Waals surface area contributed by atoms with Gasteiger partial charge in [0.1, 0.15) is 5.82 Å². The zero-order valence-corrected chi connectivity index (χ0v) is 21.9. The summed E-state index contributed by atoms with van der Waals surface area (Å²) < 4.78 is 20.5. The lowest BCUT2D eigenvalue weighted by Gasteiger charge is -2.15. The summed E-state index contributed by atoms with van der Waals surface area (Å²) in [5, 5.41) is 18.0. The van der Waals surface area contributed by atoms with E-state index in [4.69, 9.17) is 4.52 Å². The van der Waals surface area contributed by atoms with Crippen molar-refractivity contribution in [2.45, 2.75) is 19.0 Å². The molecule has 0 spiro atoms. The van der Waals surface area contributed by atoms with E-state index >= 15 is 4.39 Å². The third-order valence-electron chi connectivity index (χ3n) is 7.08. The number of nitrogens with zero attached hydrogens (tertiary/aromatic N) is 4. The van der Waals surface area contributed by atoms with Gasteiger partial charge in [0.2, 0.25) is 5.91 Å². The molecule has 0 bridgehead atoms. The minimum Gasteiger partial charge on any atom is -0.363 e. The van der Waals surface area contributed by atoms with E-state index in [1.807, 2.05) is 30.3 Å². The van der Waals surface area contributed by atoms with Gasteiger partial charge in [0.05, 0.1) is 5.39 Å². The molecule has 3 aromatic heterocycles. The Hall–Kier alpha value is -5.32. The lowest BCUT2D eigenvalue weighted by molar-refractivity contribution is -0.125. The third kappa shape index (κ3) is 5.29. The molecule has 0 aliphatic carbocycles. The largest absolute Gasteiger partial charge is 0.363 e. The topological polar surface area (TPSA) is 129 Å². The van der Waals surface area contributed by atoms with Crippen LogP contribution in [-0.4, -0.2) is 56.2 Å². The van der Waals surface area contributed by atoms with Crippen LogP contribution in [0.1, 0.15) is 22.5 Å². The Morgan fingerprint density at radius 2 is 2.00 bits per heavy atom. The average Bonchev–Trinajstić information content (AvgIpc) is 3.77. The number of hydrogen-bond donors (Lipinski definition) is 3. The molecule has 11 heteroatoms. The van der Waals surface area contributed by atoms with Gasteiger partial charge >= 0.3 is 0 Å². The van der Waals surface area contributed by atoms with E-state index in [0.717, 1.165) is 22.9 Å². The maximum absolute atomic E-state index is 15.2. The number of likely N-dealkylation sites (tertiary alicyclic amines) is 1. The number of H-pyrrole nitrogens is 1. The number of carbonyl (C=O) groups excluding carboxylic acids is 2. The molecule has 41 heavy (non-hydrogen) atoms. The van der Waals surface area contributed by atoms with E-state index in [9.17, 15) is 9.59 Å². The number of carbonyl (C=O) groups is 2. The highest BCUT2D eigenvalue weighted by molar-refractivity contribution is 6.00. The van der Waals surface area contributed by atoms with Gasteiger partial charge in [-0.25, -0.2) is 9.37 Å². The van der Waals surface area contributed by atoms with E-state index in [1.165, 1.54) is 12.1 Å². The molecule has 1 saturated heterocycles. The van der Waals surface area contributed by atoms with Gasteiger partial charge in [-0.1, -0.05) is 54.2 Å². The molecular weight excluding hydrogens is 525 g/mol. The van der Waals surface area contributed by atoms with Crippen LogP contribution in [0.5, 0.6) is 0 Å². The second kappa shape index (κ2) is 11.0. The molecule has 4 heterocycles. The fraction of sp³-hybridized carbons (Fsp3) is 0.167. The smallest absolute Gasteiger partial charge is 0.273 e. The van der Waals surface area contributed by atoms with Crippen molar-refractivity contribution in [3.05, 3.63) is 96.6 Å². The summed E-state index contributed by atoms with van der Waals surface area (Å²) in [6.45, 7) is 4.69. The number of amides is 2. The number of hydrogen-bond acceptors (Lipinski definition) is 7. The van der Waals surface area contributed by atoms with Crippen LogP contribution in [0, 0.1) is 5.82 Å². The van der Waals surface area contributed by atoms with E-state index in [2.05, 4.69) is 37.6 Å². The van der Waals surface area contributed by atoms with Crippen molar-refractivity contribution in [2.24, 2.45) is 0 Å². The van der Waals surface area contributed by atoms with Gasteiger partial charge in [-0.2, -0.15) is 5.10 Å². The highest BCUT2D eigenvalue weighted by Gasteiger charge is 2.26. The van der Waals surface area contributed by atoms with Gasteiger partial charge in [-0.3, -0.25) is 14.7 Å². The quantitative estimate of drug-likeness (QED) is 0.241. The van der Waals surface area contributed by atoms with Crippen molar-refractivity contribution in [1.29, 1.82) is 0 Å². The van der Waals surface area contributed by atoms with Crippen LogP contribution in [0.15, 0.2) is 84.0 Å². The standard InChI is InChI=1S/C30H26FN7O3/c1-2-26(39)38-13-11-21(17-38)34-29-27-22(10-12-32-28(27)35-36-29)19-8-9-20(23(31)14-19)16-33-30(40)24-15-25(41-37-24)18-6-4-3-5-7-18/h2-10,12,14-15,21H,1,11,13,16-17H2,(H,33,40)(H2,32,34,35,36)/t21-/m1/s1. The van der Waals surface area contributed by atoms with Crippen LogP contribution in [0.4, 0.5) is 10.2 Å². The van der Waals surface area contributed by atoms with Crippen molar-refractivity contribution in [1.82, 2.24) is 30.6 Å². The summed E-state index contributed by atoms with van der Waals surface area (Å²) >= 11 is 0. The SMILES string of the molecule is C=CC(=O)N1CC[C@@H](Nc2n[nH]c3nccc(-c4ccc(CNC(=O)c5cc(-c6ccccc6)on5)c(F)c4)c23)C1. The molecule has 0 unspecified atom stereocenters. The summed E-state index contributed by atoms with van der Waals surface area (Å²) in [6.07, 6.45) is 3.71. The summed E-state index contributed by atoms with van der Waals surface area (Å²) in [4.78, 5) is 30.7. The van der Waals surface area contributed by atoms with Crippen LogP contribution in [-0.2, 0) is 11.3 Å². The van der Waals surface area contributed by atoms with Crippen LogP contribution >= 0.6 is 0 Å². The van der Waals surface area contributed by atoms with Crippen LogP contribution in [0.25, 0.3) is 33.5 Å². The predicted octanol–water partition coefficient (Wildman–Crippen LogP) is 4.55. The Balaban J connectivity index is 1.17. The molecule has 6 rings (SSSR count). The van der Waals surface area contributed by atoms with Gasteiger partial charge < -0.3 is 20.1 Å². The highest BCUT2D eigenvalue weighted by atomic mass is 19.1. The molecule has 1 fully saturated rings. The number of nitrogens with one attached hydrogen (secondary N) is 3. The maximum atomic E-state index is 15.2. The summed E-state index contributed by atoms with van der Waals surface area (Å²) in [5.41, 5.74) is 3.17. The van der Waals surface area contributed by atoms with Gasteiger partial charge in [0.15, 0.2) is 22.9 Å². The van der Waals surface area contributed by atoms with E-state index in [1.54, 1.807) is 35.4 Å². The molecular formula is C30H26FN7O3. The average molecular weight is 552 g/mol. The number of aromatic nitrogens is 4. The molecule has 206 valence electrons. The lowest BCUT2D eigenvalue weighted by Crippen LogP contribution is -2.30. The van der Waals surface area contributed by atoms with Crippen molar-refractivity contribution in [2.75, 3.05) is 18.4 Å². The number of benzene rings is 2. The first-order valence-corrected chi connectivity index (χ1v) is 13.1. The molecule has 10 nitrogen and oxygen atoms in total. The predicted molar refractivity (Wildman–Crippen MR) is 151 cm³/mol. The van der Waals surface area contributed by atoms with Gasteiger partial charge in [-0.05, 0) is 35.8 Å².